The predicted octanol–water partition coefficient (Wildman–Crippen LogP) is 6.21. The van der Waals surface area contributed by atoms with Crippen molar-refractivity contribution in [3.8, 4) is 11.1 Å². The molecular formula is C33H38F3N5O2. The molecule has 2 fully saturated rings. The second kappa shape index (κ2) is 11.8. The van der Waals surface area contributed by atoms with Crippen molar-refractivity contribution >= 4 is 11.8 Å². The van der Waals surface area contributed by atoms with Gasteiger partial charge in [0.25, 0.3) is 5.91 Å². The number of halogens is 3. The van der Waals surface area contributed by atoms with Crippen molar-refractivity contribution in [3.63, 3.8) is 0 Å². The summed E-state index contributed by atoms with van der Waals surface area (Å²) in [7, 11) is 0. The third-order valence-corrected chi connectivity index (χ3v) is 9.52. The van der Waals surface area contributed by atoms with Gasteiger partial charge in [0, 0.05) is 37.2 Å². The van der Waals surface area contributed by atoms with Crippen molar-refractivity contribution in [3.05, 3.63) is 70.3 Å². The van der Waals surface area contributed by atoms with Gasteiger partial charge in [-0.3, -0.25) is 9.59 Å². The molecule has 228 valence electrons. The standard InChI is InChI=1S/C33H38F3N5O2/c1-3-22-18-26(17-21(2)28(22)19-25-13-14-40(31(25)43)27-7-5-4-6-8-27)23-9-11-24(12-10-23)30(42)39-15-16-41-29(20-39)37-38-32(41)33(34,35)36/h9-12,17-18,25,27H,3-8,13-16,19-20H2,1-2H3. The first-order valence-corrected chi connectivity index (χ1v) is 15.5. The highest BCUT2D eigenvalue weighted by Crippen LogP contribution is 2.34. The van der Waals surface area contributed by atoms with Crippen molar-refractivity contribution in [2.75, 3.05) is 13.1 Å². The van der Waals surface area contributed by atoms with Gasteiger partial charge in [-0.2, -0.15) is 13.2 Å². The van der Waals surface area contributed by atoms with Crippen molar-refractivity contribution < 1.29 is 22.8 Å². The van der Waals surface area contributed by atoms with E-state index in [1.165, 1.54) is 40.9 Å². The van der Waals surface area contributed by atoms with Crippen LogP contribution in [-0.4, -0.2) is 55.5 Å². The molecule has 2 amide bonds. The highest BCUT2D eigenvalue weighted by molar-refractivity contribution is 5.94. The third kappa shape index (κ3) is 5.80. The van der Waals surface area contributed by atoms with E-state index in [0.717, 1.165) is 54.3 Å². The SMILES string of the molecule is CCc1cc(-c2ccc(C(=O)N3CCn4c(nnc4C(F)(F)F)C3)cc2)cc(C)c1CC1CCN(C2CCCCC2)C1=O. The molecule has 1 aromatic heterocycles. The van der Waals surface area contributed by atoms with E-state index in [4.69, 9.17) is 0 Å². The van der Waals surface area contributed by atoms with E-state index in [-0.39, 0.29) is 37.3 Å². The zero-order valence-electron chi connectivity index (χ0n) is 24.8. The van der Waals surface area contributed by atoms with E-state index in [1.807, 2.05) is 12.1 Å². The van der Waals surface area contributed by atoms with Crippen LogP contribution in [0.3, 0.4) is 0 Å². The largest absolute Gasteiger partial charge is 0.451 e. The molecule has 3 heterocycles. The van der Waals surface area contributed by atoms with Crippen LogP contribution >= 0.6 is 0 Å². The molecule has 0 N–H and O–H groups in total. The second-order valence-electron chi connectivity index (χ2n) is 12.2. The Kier molecular flexibility index (Phi) is 8.04. The number of hydrogen-bond acceptors (Lipinski definition) is 4. The van der Waals surface area contributed by atoms with Crippen LogP contribution in [0.25, 0.3) is 11.1 Å². The van der Waals surface area contributed by atoms with Crippen LogP contribution in [-0.2, 0) is 36.9 Å². The van der Waals surface area contributed by atoms with Gasteiger partial charge in [-0.1, -0.05) is 50.5 Å². The van der Waals surface area contributed by atoms with Crippen LogP contribution in [0.4, 0.5) is 13.2 Å². The summed E-state index contributed by atoms with van der Waals surface area (Å²) in [5, 5.41) is 6.97. The lowest BCUT2D eigenvalue weighted by Gasteiger charge is -2.31. The van der Waals surface area contributed by atoms with Crippen LogP contribution in [0.15, 0.2) is 36.4 Å². The second-order valence-corrected chi connectivity index (χ2v) is 12.2. The lowest BCUT2D eigenvalue weighted by atomic mass is 9.87. The van der Waals surface area contributed by atoms with Gasteiger partial charge in [-0.05, 0) is 79.0 Å². The highest BCUT2D eigenvalue weighted by Gasteiger charge is 2.40. The van der Waals surface area contributed by atoms with Gasteiger partial charge in [0.2, 0.25) is 11.7 Å². The van der Waals surface area contributed by atoms with E-state index >= 15 is 0 Å². The lowest BCUT2D eigenvalue weighted by Crippen LogP contribution is -2.39. The quantitative estimate of drug-likeness (QED) is 0.341. The van der Waals surface area contributed by atoms with Crippen molar-refractivity contribution in [1.82, 2.24) is 24.6 Å². The summed E-state index contributed by atoms with van der Waals surface area (Å²) in [4.78, 5) is 30.2. The topological polar surface area (TPSA) is 71.3 Å². The van der Waals surface area contributed by atoms with Gasteiger partial charge < -0.3 is 14.4 Å². The monoisotopic (exact) mass is 593 g/mol. The minimum absolute atomic E-state index is 0.00249. The zero-order chi connectivity index (χ0) is 30.3. The number of carbonyl (C=O) groups excluding carboxylic acids is 2. The van der Waals surface area contributed by atoms with Crippen LogP contribution < -0.4 is 0 Å². The fraction of sp³-hybridized carbons (Fsp3) is 0.515. The van der Waals surface area contributed by atoms with Gasteiger partial charge >= 0.3 is 6.18 Å². The lowest BCUT2D eigenvalue weighted by molar-refractivity contribution is -0.147. The fourth-order valence-corrected chi connectivity index (χ4v) is 7.15. The summed E-state index contributed by atoms with van der Waals surface area (Å²) in [6.07, 6.45) is 4.00. The molecule has 6 rings (SSSR count). The fourth-order valence-electron chi connectivity index (χ4n) is 7.15. The smallest absolute Gasteiger partial charge is 0.339 e. The molecule has 0 bridgehead atoms. The number of hydrogen-bond donors (Lipinski definition) is 0. The first-order valence-electron chi connectivity index (χ1n) is 15.5. The van der Waals surface area contributed by atoms with Crippen LogP contribution in [0.2, 0.25) is 0 Å². The molecule has 1 unspecified atom stereocenters. The Bertz CT molecular complexity index is 1510. The Morgan fingerprint density at radius 1 is 0.953 bits per heavy atom. The average molecular weight is 594 g/mol. The Hall–Kier alpha value is -3.69. The molecule has 1 saturated carbocycles. The number of aryl methyl sites for hydroxylation is 2. The highest BCUT2D eigenvalue weighted by atomic mass is 19.4. The van der Waals surface area contributed by atoms with E-state index < -0.39 is 12.0 Å². The molecule has 0 radical (unpaired) electrons. The van der Waals surface area contributed by atoms with Gasteiger partial charge in [0.15, 0.2) is 5.82 Å². The summed E-state index contributed by atoms with van der Waals surface area (Å²) in [5.41, 5.74) is 6.20. The molecule has 1 aliphatic carbocycles. The number of aromatic nitrogens is 3. The van der Waals surface area contributed by atoms with Gasteiger partial charge in [0.1, 0.15) is 0 Å². The molecule has 7 nitrogen and oxygen atoms in total. The number of fused-ring (bicyclic) bond motifs is 1. The number of amides is 2. The summed E-state index contributed by atoms with van der Waals surface area (Å²) in [5.74, 6) is -0.771. The summed E-state index contributed by atoms with van der Waals surface area (Å²) in [6, 6.07) is 12.2. The average Bonchev–Trinajstić information content (AvgIpc) is 3.61. The Balaban J connectivity index is 1.14. The van der Waals surface area contributed by atoms with Crippen molar-refractivity contribution in [2.45, 2.75) is 90.5 Å². The minimum Gasteiger partial charge on any atom is -0.339 e. The number of rotatable bonds is 6. The van der Waals surface area contributed by atoms with E-state index in [2.05, 4.69) is 41.1 Å². The van der Waals surface area contributed by atoms with Gasteiger partial charge in [-0.25, -0.2) is 0 Å². The molecule has 0 spiro atoms. The Labute approximate surface area is 250 Å². The Morgan fingerprint density at radius 2 is 1.70 bits per heavy atom. The number of alkyl halides is 3. The normalized spacial score (nSPS) is 19.7. The molecule has 2 aromatic carbocycles. The maximum atomic E-state index is 13.4. The molecule has 2 aliphatic heterocycles. The molecule has 3 aliphatic rings. The van der Waals surface area contributed by atoms with E-state index in [0.29, 0.717) is 17.5 Å². The summed E-state index contributed by atoms with van der Waals surface area (Å²) in [6.45, 7) is 5.27. The van der Waals surface area contributed by atoms with Crippen LogP contribution in [0.1, 0.15) is 84.1 Å². The molecule has 43 heavy (non-hydrogen) atoms. The van der Waals surface area contributed by atoms with Crippen molar-refractivity contribution in [1.29, 1.82) is 0 Å². The van der Waals surface area contributed by atoms with Crippen molar-refractivity contribution in [2.24, 2.45) is 5.92 Å². The first kappa shape index (κ1) is 29.4. The number of nitrogens with zero attached hydrogens (tertiary/aromatic N) is 5. The number of benzene rings is 2. The third-order valence-electron chi connectivity index (χ3n) is 9.52. The summed E-state index contributed by atoms with van der Waals surface area (Å²) >= 11 is 0. The zero-order valence-corrected chi connectivity index (χ0v) is 24.8. The summed E-state index contributed by atoms with van der Waals surface area (Å²) < 4.78 is 40.5. The molecule has 1 saturated heterocycles. The van der Waals surface area contributed by atoms with E-state index in [9.17, 15) is 22.8 Å². The molecule has 10 heteroatoms. The first-order chi connectivity index (χ1) is 20.6. The molecule has 1 atom stereocenters. The van der Waals surface area contributed by atoms with Gasteiger partial charge in [0.05, 0.1) is 6.54 Å². The van der Waals surface area contributed by atoms with Crippen LogP contribution in [0.5, 0.6) is 0 Å². The maximum Gasteiger partial charge on any atom is 0.451 e. The number of likely N-dealkylation sites (tertiary alicyclic amines) is 1. The number of carbonyl (C=O) groups is 2. The molecule has 3 aromatic rings. The van der Waals surface area contributed by atoms with Gasteiger partial charge in [-0.15, -0.1) is 10.2 Å². The maximum absolute atomic E-state index is 13.4. The predicted molar refractivity (Wildman–Crippen MR) is 156 cm³/mol. The molecular weight excluding hydrogens is 555 g/mol. The Morgan fingerprint density at radius 3 is 2.40 bits per heavy atom. The van der Waals surface area contributed by atoms with E-state index in [1.54, 1.807) is 12.1 Å². The minimum atomic E-state index is -4.58. The van der Waals surface area contributed by atoms with Crippen LogP contribution in [0, 0.1) is 12.8 Å².